The van der Waals surface area contributed by atoms with Gasteiger partial charge >= 0.3 is 0 Å². The first-order chi connectivity index (χ1) is 10.6. The van der Waals surface area contributed by atoms with Crippen molar-refractivity contribution in [1.82, 2.24) is 4.90 Å². The topological polar surface area (TPSA) is 20.3 Å². The maximum atomic E-state index is 12.5. The molecule has 1 saturated carbocycles. The highest BCUT2D eigenvalue weighted by atomic mass is 79.9. The number of hydrogen-bond acceptors (Lipinski definition) is 1. The molecule has 0 heterocycles. The molecule has 2 atom stereocenters. The third kappa shape index (κ3) is 3.36. The monoisotopic (exact) mass is 377 g/mol. The Kier molecular flexibility index (Phi) is 4.55. The molecule has 2 nitrogen and oxygen atoms in total. The molecule has 0 N–H and O–H groups in total. The van der Waals surface area contributed by atoms with E-state index in [2.05, 4.69) is 15.9 Å². The zero-order chi connectivity index (χ0) is 15.7. The lowest BCUT2D eigenvalue weighted by Gasteiger charge is -2.17. The molecule has 114 valence electrons. The highest BCUT2D eigenvalue weighted by Crippen LogP contribution is 2.50. The van der Waals surface area contributed by atoms with Crippen LogP contribution in [0, 0.1) is 5.92 Å². The molecule has 2 unspecified atom stereocenters. The summed E-state index contributed by atoms with van der Waals surface area (Å²) < 4.78 is 1.05. The van der Waals surface area contributed by atoms with Crippen LogP contribution in [0.25, 0.3) is 0 Å². The molecule has 0 radical (unpaired) electrons. The Morgan fingerprint density at radius 1 is 1.23 bits per heavy atom. The van der Waals surface area contributed by atoms with Gasteiger partial charge in [-0.15, -0.1) is 0 Å². The Labute approximate surface area is 144 Å². The molecule has 1 aliphatic rings. The van der Waals surface area contributed by atoms with Gasteiger partial charge < -0.3 is 4.90 Å². The minimum atomic E-state index is 0.0698. The van der Waals surface area contributed by atoms with Crippen molar-refractivity contribution in [3.63, 3.8) is 0 Å². The third-order valence-electron chi connectivity index (χ3n) is 4.12. The molecule has 0 spiro atoms. The van der Waals surface area contributed by atoms with Crippen LogP contribution >= 0.6 is 27.5 Å². The van der Waals surface area contributed by atoms with Crippen molar-refractivity contribution in [1.29, 1.82) is 0 Å². The Balaban J connectivity index is 1.63. The molecular weight excluding hydrogens is 362 g/mol. The summed E-state index contributed by atoms with van der Waals surface area (Å²) in [6, 6.07) is 15.9. The van der Waals surface area contributed by atoms with E-state index >= 15 is 0 Å². The van der Waals surface area contributed by atoms with E-state index in [0.717, 1.165) is 27.0 Å². The zero-order valence-corrected chi connectivity index (χ0v) is 14.6. The summed E-state index contributed by atoms with van der Waals surface area (Å²) in [5, 5.41) is 0.762. The summed E-state index contributed by atoms with van der Waals surface area (Å²) in [7, 11) is 1.87. The van der Waals surface area contributed by atoms with E-state index in [1.165, 1.54) is 0 Å². The van der Waals surface area contributed by atoms with Gasteiger partial charge in [-0.05, 0) is 41.7 Å². The van der Waals surface area contributed by atoms with Crippen LogP contribution in [0.4, 0.5) is 0 Å². The number of carbonyl (C=O) groups excluding carboxylic acids is 1. The fourth-order valence-electron chi connectivity index (χ4n) is 2.81. The van der Waals surface area contributed by atoms with Gasteiger partial charge in [0.25, 0.3) is 0 Å². The van der Waals surface area contributed by atoms with E-state index in [1.807, 2.05) is 60.5 Å². The van der Waals surface area contributed by atoms with Crippen molar-refractivity contribution in [2.75, 3.05) is 7.05 Å². The zero-order valence-electron chi connectivity index (χ0n) is 12.3. The maximum Gasteiger partial charge on any atom is 0.226 e. The number of nitrogens with zero attached hydrogens (tertiary/aromatic N) is 1. The first-order valence-electron chi connectivity index (χ1n) is 7.30. The summed E-state index contributed by atoms with van der Waals surface area (Å²) in [5.41, 5.74) is 2.23. The van der Waals surface area contributed by atoms with Crippen molar-refractivity contribution in [2.45, 2.75) is 18.9 Å². The van der Waals surface area contributed by atoms with Gasteiger partial charge in [-0.1, -0.05) is 57.9 Å². The molecule has 1 fully saturated rings. The quantitative estimate of drug-likeness (QED) is 0.743. The summed E-state index contributed by atoms with van der Waals surface area (Å²) in [6.45, 7) is 0.637. The van der Waals surface area contributed by atoms with E-state index in [1.54, 1.807) is 0 Å². The van der Waals surface area contributed by atoms with Crippen molar-refractivity contribution in [3.8, 4) is 0 Å². The molecule has 0 saturated heterocycles. The maximum absolute atomic E-state index is 12.5. The number of rotatable bonds is 4. The highest BCUT2D eigenvalue weighted by Gasteiger charge is 2.45. The van der Waals surface area contributed by atoms with Gasteiger partial charge in [0, 0.05) is 29.0 Å². The van der Waals surface area contributed by atoms with E-state index in [0.29, 0.717) is 6.54 Å². The third-order valence-corrected chi connectivity index (χ3v) is 4.99. The van der Waals surface area contributed by atoms with Crippen LogP contribution in [0.3, 0.4) is 0 Å². The number of halogens is 2. The molecule has 2 aromatic carbocycles. The Morgan fingerprint density at radius 2 is 1.91 bits per heavy atom. The summed E-state index contributed by atoms with van der Waals surface area (Å²) >= 11 is 9.65. The molecule has 0 aromatic heterocycles. The molecular formula is C18H17BrClNO. The fraction of sp³-hybridized carbons (Fsp3) is 0.278. The fourth-order valence-corrected chi connectivity index (χ4v) is 3.35. The standard InChI is InChI=1S/C18H17BrClNO/c1-21(11-12-6-8-13(19)9-7-12)18(22)16-10-15(16)14-4-2-3-5-17(14)20/h2-9,15-16H,10-11H2,1H3. The lowest BCUT2D eigenvalue weighted by molar-refractivity contribution is -0.131. The molecule has 0 bridgehead atoms. The Hall–Kier alpha value is -1.32. The van der Waals surface area contributed by atoms with Gasteiger partial charge in [0.2, 0.25) is 5.91 Å². The SMILES string of the molecule is CN(Cc1ccc(Br)cc1)C(=O)C1CC1c1ccccc1Cl. The van der Waals surface area contributed by atoms with Crippen molar-refractivity contribution >= 4 is 33.4 Å². The van der Waals surface area contributed by atoms with Crippen LogP contribution < -0.4 is 0 Å². The van der Waals surface area contributed by atoms with Gasteiger partial charge in [-0.25, -0.2) is 0 Å². The minimum absolute atomic E-state index is 0.0698. The van der Waals surface area contributed by atoms with Gasteiger partial charge in [-0.3, -0.25) is 4.79 Å². The van der Waals surface area contributed by atoms with E-state index in [4.69, 9.17) is 11.6 Å². The average Bonchev–Trinajstić information content (AvgIpc) is 3.29. The summed E-state index contributed by atoms with van der Waals surface area (Å²) in [4.78, 5) is 14.4. The summed E-state index contributed by atoms with van der Waals surface area (Å²) in [5.74, 6) is 0.543. The van der Waals surface area contributed by atoms with Crippen LogP contribution in [0.15, 0.2) is 53.0 Å². The number of hydrogen-bond donors (Lipinski definition) is 0. The van der Waals surface area contributed by atoms with Crippen molar-refractivity contribution in [3.05, 3.63) is 69.2 Å². The molecule has 0 aliphatic heterocycles. The largest absolute Gasteiger partial charge is 0.341 e. The molecule has 22 heavy (non-hydrogen) atoms. The second kappa shape index (κ2) is 6.43. The molecule has 1 aliphatic carbocycles. The van der Waals surface area contributed by atoms with Gasteiger partial charge in [-0.2, -0.15) is 0 Å². The number of benzene rings is 2. The molecule has 4 heteroatoms. The highest BCUT2D eigenvalue weighted by molar-refractivity contribution is 9.10. The Morgan fingerprint density at radius 3 is 2.59 bits per heavy atom. The second-order valence-electron chi connectivity index (χ2n) is 5.79. The van der Waals surface area contributed by atoms with E-state index in [-0.39, 0.29) is 17.7 Å². The minimum Gasteiger partial charge on any atom is -0.341 e. The smallest absolute Gasteiger partial charge is 0.226 e. The first kappa shape index (κ1) is 15.6. The van der Waals surface area contributed by atoms with Crippen molar-refractivity contribution < 1.29 is 4.79 Å². The number of carbonyl (C=O) groups is 1. The Bertz CT molecular complexity index is 686. The first-order valence-corrected chi connectivity index (χ1v) is 8.47. The van der Waals surface area contributed by atoms with Crippen LogP contribution in [-0.4, -0.2) is 17.9 Å². The molecule has 1 amide bonds. The van der Waals surface area contributed by atoms with Gasteiger partial charge in [0.05, 0.1) is 0 Å². The normalized spacial score (nSPS) is 19.8. The van der Waals surface area contributed by atoms with Gasteiger partial charge in [0.1, 0.15) is 0 Å². The van der Waals surface area contributed by atoms with Crippen LogP contribution in [0.1, 0.15) is 23.5 Å². The van der Waals surface area contributed by atoms with Crippen molar-refractivity contribution in [2.24, 2.45) is 5.92 Å². The van der Waals surface area contributed by atoms with Crippen LogP contribution in [0.5, 0.6) is 0 Å². The predicted octanol–water partition coefficient (Wildman–Crippen LogP) is 4.86. The predicted molar refractivity (Wildman–Crippen MR) is 92.9 cm³/mol. The molecule has 2 aromatic rings. The lowest BCUT2D eigenvalue weighted by atomic mass is 10.1. The second-order valence-corrected chi connectivity index (χ2v) is 7.11. The van der Waals surface area contributed by atoms with E-state index in [9.17, 15) is 4.79 Å². The average molecular weight is 379 g/mol. The number of amides is 1. The van der Waals surface area contributed by atoms with Crippen LogP contribution in [0.2, 0.25) is 5.02 Å². The van der Waals surface area contributed by atoms with Crippen LogP contribution in [-0.2, 0) is 11.3 Å². The van der Waals surface area contributed by atoms with Gasteiger partial charge in [0.15, 0.2) is 0 Å². The molecule has 3 rings (SSSR count). The lowest BCUT2D eigenvalue weighted by Crippen LogP contribution is -2.28. The summed E-state index contributed by atoms with van der Waals surface area (Å²) in [6.07, 6.45) is 0.896. The van der Waals surface area contributed by atoms with E-state index < -0.39 is 0 Å².